The predicted octanol–water partition coefficient (Wildman–Crippen LogP) is 2.58. The van der Waals surface area contributed by atoms with E-state index in [1.807, 2.05) is 6.92 Å². The van der Waals surface area contributed by atoms with Gasteiger partial charge in [0.15, 0.2) is 6.10 Å². The summed E-state index contributed by atoms with van der Waals surface area (Å²) in [6.07, 6.45) is 3.61. The maximum atomic E-state index is 12.8. The third-order valence-electron chi connectivity index (χ3n) is 5.41. The van der Waals surface area contributed by atoms with Gasteiger partial charge in [0.1, 0.15) is 5.75 Å². The number of hydrogen-bond acceptors (Lipinski definition) is 4. The molecule has 6 nitrogen and oxygen atoms in total. The quantitative estimate of drug-likeness (QED) is 0.856. The van der Waals surface area contributed by atoms with Crippen molar-refractivity contribution < 1.29 is 17.9 Å². The molecule has 0 unspecified atom stereocenters. The number of hydrogen-bond donors (Lipinski definition) is 1. The third-order valence-corrected chi connectivity index (χ3v) is 6.56. The first-order chi connectivity index (χ1) is 13.3. The Morgan fingerprint density at radius 3 is 2.71 bits per heavy atom. The lowest BCUT2D eigenvalue weighted by molar-refractivity contribution is -0.128. The highest BCUT2D eigenvalue weighted by atomic mass is 32.2. The van der Waals surface area contributed by atoms with Gasteiger partial charge in [-0.3, -0.25) is 9.10 Å². The van der Waals surface area contributed by atoms with Crippen LogP contribution in [0.5, 0.6) is 5.75 Å². The Hall–Kier alpha value is -2.54. The number of nitrogens with one attached hydrogen (secondary N) is 1. The number of carbonyl (C=O) groups is 1. The highest BCUT2D eigenvalue weighted by Gasteiger charge is 2.35. The summed E-state index contributed by atoms with van der Waals surface area (Å²) in [5.74, 6) is 0.0701. The normalized spacial score (nSPS) is 19.4. The molecule has 1 amide bonds. The number of ether oxygens (including phenoxy) is 1. The minimum Gasteiger partial charge on any atom is -0.476 e. The van der Waals surface area contributed by atoms with Crippen molar-refractivity contribution in [3.63, 3.8) is 0 Å². The zero-order chi connectivity index (χ0) is 19.9. The standard InChI is InChI=1S/C21H24N2O4S/c1-14(16-11-10-15-6-5-7-17(15)12-16)22-21(24)20-13-23(28(2,25)26)18-8-3-4-9-19(18)27-20/h3-4,8-12,14,20H,5-7,13H2,1-2H3,(H,22,24)/t14-,20+/m1/s1. The number of sulfonamides is 1. The predicted molar refractivity (Wildman–Crippen MR) is 108 cm³/mol. The maximum Gasteiger partial charge on any atom is 0.263 e. The van der Waals surface area contributed by atoms with Gasteiger partial charge in [0.05, 0.1) is 24.5 Å². The van der Waals surface area contributed by atoms with Crippen molar-refractivity contribution in [1.82, 2.24) is 5.32 Å². The van der Waals surface area contributed by atoms with Gasteiger partial charge in [-0.25, -0.2) is 8.42 Å². The van der Waals surface area contributed by atoms with Crippen molar-refractivity contribution >= 4 is 21.6 Å². The van der Waals surface area contributed by atoms with E-state index in [0.717, 1.165) is 24.7 Å². The molecule has 1 aliphatic carbocycles. The molecule has 0 radical (unpaired) electrons. The van der Waals surface area contributed by atoms with Crippen LogP contribution in [0.25, 0.3) is 0 Å². The molecule has 7 heteroatoms. The number of nitrogens with zero attached hydrogens (tertiary/aromatic N) is 1. The van der Waals surface area contributed by atoms with Gasteiger partial charge in [-0.15, -0.1) is 0 Å². The molecule has 0 aromatic heterocycles. The fourth-order valence-corrected chi connectivity index (χ4v) is 4.82. The van der Waals surface area contributed by atoms with Crippen LogP contribution in [0.3, 0.4) is 0 Å². The van der Waals surface area contributed by atoms with Gasteiger partial charge in [0, 0.05) is 0 Å². The molecular weight excluding hydrogens is 376 g/mol. The SMILES string of the molecule is C[C@@H](NC(=O)[C@@H]1CN(S(C)(=O)=O)c2ccccc2O1)c1ccc2c(c1)CCC2. The Kier molecular flexibility index (Phi) is 4.79. The van der Waals surface area contributed by atoms with Crippen molar-refractivity contribution in [3.8, 4) is 5.75 Å². The van der Waals surface area contributed by atoms with Crippen LogP contribution in [0.2, 0.25) is 0 Å². The van der Waals surface area contributed by atoms with Crippen LogP contribution in [0.15, 0.2) is 42.5 Å². The highest BCUT2D eigenvalue weighted by molar-refractivity contribution is 7.92. The van der Waals surface area contributed by atoms with Crippen LogP contribution in [-0.4, -0.2) is 33.2 Å². The number of para-hydroxylation sites is 2. The van der Waals surface area contributed by atoms with Crippen molar-refractivity contribution in [2.75, 3.05) is 17.1 Å². The monoisotopic (exact) mass is 400 g/mol. The highest BCUT2D eigenvalue weighted by Crippen LogP contribution is 2.34. The van der Waals surface area contributed by atoms with E-state index in [2.05, 4.69) is 23.5 Å². The summed E-state index contributed by atoms with van der Waals surface area (Å²) >= 11 is 0. The molecule has 0 bridgehead atoms. The minimum atomic E-state index is -3.52. The second-order valence-electron chi connectivity index (χ2n) is 7.48. The smallest absolute Gasteiger partial charge is 0.263 e. The molecule has 1 N–H and O–H groups in total. The molecule has 0 fully saturated rings. The van der Waals surface area contributed by atoms with E-state index in [-0.39, 0.29) is 18.5 Å². The van der Waals surface area contributed by atoms with E-state index in [4.69, 9.17) is 4.74 Å². The second-order valence-corrected chi connectivity index (χ2v) is 9.39. The Morgan fingerprint density at radius 2 is 1.93 bits per heavy atom. The first-order valence-electron chi connectivity index (χ1n) is 9.48. The molecule has 2 aromatic rings. The second kappa shape index (κ2) is 7.13. The van der Waals surface area contributed by atoms with E-state index in [1.165, 1.54) is 21.9 Å². The molecule has 148 valence electrons. The van der Waals surface area contributed by atoms with E-state index >= 15 is 0 Å². The number of fused-ring (bicyclic) bond motifs is 2. The Labute approximate surface area is 165 Å². The molecule has 2 aliphatic rings. The molecule has 0 saturated carbocycles. The van der Waals surface area contributed by atoms with Gasteiger partial charge in [-0.2, -0.15) is 0 Å². The number of aryl methyl sites for hydroxylation is 2. The lowest BCUT2D eigenvalue weighted by atomic mass is 10.0. The summed E-state index contributed by atoms with van der Waals surface area (Å²) in [6, 6.07) is 13.0. The van der Waals surface area contributed by atoms with Crippen molar-refractivity contribution in [2.24, 2.45) is 0 Å². The van der Waals surface area contributed by atoms with Crippen LogP contribution in [0.4, 0.5) is 5.69 Å². The van der Waals surface area contributed by atoms with E-state index in [9.17, 15) is 13.2 Å². The fraction of sp³-hybridized carbons (Fsp3) is 0.381. The summed E-state index contributed by atoms with van der Waals surface area (Å²) in [7, 11) is -3.52. The molecule has 0 spiro atoms. The first-order valence-corrected chi connectivity index (χ1v) is 11.3. The number of amides is 1. The molecule has 1 heterocycles. The molecular formula is C21H24N2O4S. The van der Waals surface area contributed by atoms with Gasteiger partial charge in [0.25, 0.3) is 5.91 Å². The molecule has 2 aromatic carbocycles. The Morgan fingerprint density at radius 1 is 1.18 bits per heavy atom. The Balaban J connectivity index is 1.52. The van der Waals surface area contributed by atoms with Crippen LogP contribution in [0.1, 0.15) is 36.1 Å². The molecule has 1 aliphatic heterocycles. The number of rotatable bonds is 4. The number of benzene rings is 2. The number of carbonyl (C=O) groups excluding carboxylic acids is 1. The summed E-state index contributed by atoms with van der Waals surface area (Å²) in [4.78, 5) is 12.8. The van der Waals surface area contributed by atoms with Crippen LogP contribution in [-0.2, 0) is 27.7 Å². The van der Waals surface area contributed by atoms with Gasteiger partial charge < -0.3 is 10.1 Å². The van der Waals surface area contributed by atoms with Gasteiger partial charge in [0.2, 0.25) is 10.0 Å². The van der Waals surface area contributed by atoms with Crippen LogP contribution >= 0.6 is 0 Å². The summed E-state index contributed by atoms with van der Waals surface area (Å²) in [5.41, 5.74) is 4.24. The largest absolute Gasteiger partial charge is 0.476 e. The Bertz CT molecular complexity index is 1020. The van der Waals surface area contributed by atoms with E-state index < -0.39 is 16.1 Å². The molecule has 4 rings (SSSR count). The topological polar surface area (TPSA) is 75.7 Å². The summed E-state index contributed by atoms with van der Waals surface area (Å²) in [6.45, 7) is 1.89. The lowest BCUT2D eigenvalue weighted by Gasteiger charge is -2.34. The van der Waals surface area contributed by atoms with Gasteiger partial charge in [-0.1, -0.05) is 30.3 Å². The van der Waals surface area contributed by atoms with Crippen molar-refractivity contribution in [1.29, 1.82) is 0 Å². The average molecular weight is 401 g/mol. The third kappa shape index (κ3) is 3.58. The minimum absolute atomic E-state index is 0.0431. The van der Waals surface area contributed by atoms with Gasteiger partial charge in [-0.05, 0) is 55.0 Å². The van der Waals surface area contributed by atoms with Crippen LogP contribution in [0, 0.1) is 0 Å². The van der Waals surface area contributed by atoms with E-state index in [0.29, 0.717) is 11.4 Å². The molecule has 28 heavy (non-hydrogen) atoms. The van der Waals surface area contributed by atoms with Gasteiger partial charge >= 0.3 is 0 Å². The summed E-state index contributed by atoms with van der Waals surface area (Å²) in [5, 5.41) is 2.97. The number of anilines is 1. The summed E-state index contributed by atoms with van der Waals surface area (Å²) < 4.78 is 31.5. The van der Waals surface area contributed by atoms with Crippen molar-refractivity contribution in [2.45, 2.75) is 38.3 Å². The van der Waals surface area contributed by atoms with Crippen molar-refractivity contribution in [3.05, 3.63) is 59.2 Å². The molecule has 2 atom stereocenters. The lowest BCUT2D eigenvalue weighted by Crippen LogP contribution is -2.50. The van der Waals surface area contributed by atoms with E-state index in [1.54, 1.807) is 24.3 Å². The fourth-order valence-electron chi connectivity index (χ4n) is 3.90. The van der Waals surface area contributed by atoms with Crippen LogP contribution < -0.4 is 14.4 Å². The zero-order valence-corrected chi connectivity index (χ0v) is 16.8. The first kappa shape index (κ1) is 18.8. The molecule has 0 saturated heterocycles. The average Bonchev–Trinajstić information content (AvgIpc) is 3.14. The maximum absolute atomic E-state index is 12.8. The zero-order valence-electron chi connectivity index (χ0n) is 16.0.